The predicted octanol–water partition coefficient (Wildman–Crippen LogP) is 0.422. The van der Waals surface area contributed by atoms with Crippen LogP contribution in [-0.4, -0.2) is 50.0 Å². The maximum atomic E-state index is 12.6. The first kappa shape index (κ1) is 14.8. The van der Waals surface area contributed by atoms with Gasteiger partial charge in [0.2, 0.25) is 5.91 Å². The summed E-state index contributed by atoms with van der Waals surface area (Å²) in [5.41, 5.74) is -0.365. The fraction of sp³-hybridized carbons (Fsp3) is 0.929. The van der Waals surface area contributed by atoms with Crippen molar-refractivity contribution in [1.29, 1.82) is 0 Å². The van der Waals surface area contributed by atoms with Crippen molar-refractivity contribution in [3.63, 3.8) is 0 Å². The molecule has 2 aliphatic rings. The highest BCUT2D eigenvalue weighted by molar-refractivity contribution is 5.83. The normalized spacial score (nSPS) is 30.8. The van der Waals surface area contributed by atoms with Crippen molar-refractivity contribution in [3.8, 4) is 0 Å². The first-order valence-electron chi connectivity index (χ1n) is 7.35. The molecule has 0 atom stereocenters. The van der Waals surface area contributed by atoms with Gasteiger partial charge in [-0.25, -0.2) is 0 Å². The van der Waals surface area contributed by atoms with Crippen LogP contribution in [0.4, 0.5) is 0 Å². The number of piperidine rings is 1. The lowest BCUT2D eigenvalue weighted by Gasteiger charge is -2.37. The van der Waals surface area contributed by atoms with E-state index < -0.39 is 0 Å². The fourth-order valence-electron chi connectivity index (χ4n) is 3.18. The van der Waals surface area contributed by atoms with Gasteiger partial charge in [-0.3, -0.25) is 4.79 Å². The van der Waals surface area contributed by atoms with Crippen LogP contribution in [0.25, 0.3) is 0 Å². The number of carbonyl (C=O) groups excluding carboxylic acids is 1. The van der Waals surface area contributed by atoms with Crippen molar-refractivity contribution in [2.24, 2.45) is 5.41 Å². The molecule has 1 aliphatic carbocycles. The monoisotopic (exact) mass is 270 g/mol. The molecule has 5 nitrogen and oxygen atoms in total. The van der Waals surface area contributed by atoms with Crippen LogP contribution in [0, 0.1) is 5.41 Å². The van der Waals surface area contributed by atoms with Crippen molar-refractivity contribution in [3.05, 3.63) is 0 Å². The number of aliphatic hydroxyl groups excluding tert-OH is 1. The highest BCUT2D eigenvalue weighted by Crippen LogP contribution is 2.30. The van der Waals surface area contributed by atoms with Crippen LogP contribution in [0.3, 0.4) is 0 Å². The summed E-state index contributed by atoms with van der Waals surface area (Å²) < 4.78 is 5.28. The average molecular weight is 270 g/mol. The van der Waals surface area contributed by atoms with E-state index in [0.29, 0.717) is 6.61 Å². The van der Waals surface area contributed by atoms with E-state index in [4.69, 9.17) is 4.74 Å². The zero-order chi connectivity index (χ0) is 13.7. The van der Waals surface area contributed by atoms with Gasteiger partial charge in [0.15, 0.2) is 0 Å². The minimum absolute atomic E-state index is 0.136. The Morgan fingerprint density at radius 1 is 1.32 bits per heavy atom. The zero-order valence-electron chi connectivity index (χ0n) is 11.8. The quantitative estimate of drug-likeness (QED) is 0.692. The number of hydrogen-bond donors (Lipinski definition) is 3. The van der Waals surface area contributed by atoms with E-state index in [-0.39, 0.29) is 23.5 Å². The predicted molar refractivity (Wildman–Crippen MR) is 72.8 cm³/mol. The lowest BCUT2D eigenvalue weighted by atomic mass is 9.78. The van der Waals surface area contributed by atoms with Gasteiger partial charge in [-0.2, -0.15) is 0 Å². The smallest absolute Gasteiger partial charge is 0.228 e. The van der Waals surface area contributed by atoms with E-state index in [0.717, 1.165) is 51.6 Å². The number of nitrogens with one attached hydrogen (secondary N) is 2. The maximum absolute atomic E-state index is 12.6. The van der Waals surface area contributed by atoms with Crippen LogP contribution in [0.5, 0.6) is 0 Å². The molecule has 5 heteroatoms. The highest BCUT2D eigenvalue weighted by atomic mass is 16.5. The Hall–Kier alpha value is -0.650. The average Bonchev–Trinajstić information content (AvgIpc) is 2.43. The van der Waals surface area contributed by atoms with Crippen LogP contribution in [0.2, 0.25) is 0 Å². The van der Waals surface area contributed by atoms with Gasteiger partial charge in [-0.1, -0.05) is 0 Å². The molecule has 0 bridgehead atoms. The van der Waals surface area contributed by atoms with Crippen molar-refractivity contribution in [2.75, 3.05) is 26.8 Å². The summed E-state index contributed by atoms with van der Waals surface area (Å²) in [6, 6.07) is 0.222. The van der Waals surface area contributed by atoms with Gasteiger partial charge in [-0.05, 0) is 51.6 Å². The lowest BCUT2D eigenvalue weighted by Crippen LogP contribution is -2.53. The van der Waals surface area contributed by atoms with Crippen LogP contribution >= 0.6 is 0 Å². The first-order valence-corrected chi connectivity index (χ1v) is 7.35. The molecule has 0 spiro atoms. The summed E-state index contributed by atoms with van der Waals surface area (Å²) in [6.07, 6.45) is 4.85. The molecule has 0 aromatic carbocycles. The Kier molecular flexibility index (Phi) is 5.19. The number of ether oxygens (including phenoxy) is 1. The number of carbonyl (C=O) groups is 1. The lowest BCUT2D eigenvalue weighted by molar-refractivity contribution is -0.137. The largest absolute Gasteiger partial charge is 0.393 e. The Bertz CT molecular complexity index is 290. The van der Waals surface area contributed by atoms with E-state index in [9.17, 15) is 9.90 Å². The number of amides is 1. The van der Waals surface area contributed by atoms with E-state index in [1.165, 1.54) is 0 Å². The Labute approximate surface area is 115 Å². The minimum Gasteiger partial charge on any atom is -0.393 e. The van der Waals surface area contributed by atoms with Crippen LogP contribution in [0.1, 0.15) is 38.5 Å². The molecule has 110 valence electrons. The molecule has 0 aromatic rings. The standard InChI is InChI=1S/C14H26N2O3/c1-19-10-14(6-8-15-9-7-14)13(18)16-11-2-4-12(17)5-3-11/h11-12,15,17H,2-10H2,1H3,(H,16,18). The third-order valence-electron chi connectivity index (χ3n) is 4.49. The molecule has 1 aliphatic heterocycles. The van der Waals surface area contributed by atoms with Crippen molar-refractivity contribution >= 4 is 5.91 Å². The topological polar surface area (TPSA) is 70.6 Å². The second-order valence-electron chi connectivity index (χ2n) is 5.94. The molecule has 1 heterocycles. The molecule has 1 amide bonds. The van der Waals surface area contributed by atoms with E-state index in [2.05, 4.69) is 10.6 Å². The van der Waals surface area contributed by atoms with Gasteiger partial charge in [0.1, 0.15) is 0 Å². The van der Waals surface area contributed by atoms with Gasteiger partial charge >= 0.3 is 0 Å². The van der Waals surface area contributed by atoms with Crippen LogP contribution in [0.15, 0.2) is 0 Å². The Morgan fingerprint density at radius 2 is 1.95 bits per heavy atom. The van der Waals surface area contributed by atoms with Gasteiger partial charge in [0.05, 0.1) is 18.1 Å². The number of rotatable bonds is 4. The molecule has 3 N–H and O–H groups in total. The highest BCUT2D eigenvalue weighted by Gasteiger charge is 2.40. The third kappa shape index (κ3) is 3.68. The maximum Gasteiger partial charge on any atom is 0.228 e. The summed E-state index contributed by atoms with van der Waals surface area (Å²) in [4.78, 5) is 12.6. The van der Waals surface area contributed by atoms with E-state index in [1.54, 1.807) is 7.11 Å². The molecule has 0 aromatic heterocycles. The summed E-state index contributed by atoms with van der Waals surface area (Å²) >= 11 is 0. The van der Waals surface area contributed by atoms with Crippen molar-refractivity contribution < 1.29 is 14.6 Å². The van der Waals surface area contributed by atoms with Gasteiger partial charge < -0.3 is 20.5 Å². The zero-order valence-corrected chi connectivity index (χ0v) is 11.8. The first-order chi connectivity index (χ1) is 9.16. The molecule has 2 fully saturated rings. The summed E-state index contributed by atoms with van der Waals surface area (Å²) in [7, 11) is 1.66. The van der Waals surface area contributed by atoms with Gasteiger partial charge in [0, 0.05) is 13.2 Å². The number of hydrogen-bond acceptors (Lipinski definition) is 4. The van der Waals surface area contributed by atoms with Crippen molar-refractivity contribution in [2.45, 2.75) is 50.7 Å². The van der Waals surface area contributed by atoms with Crippen LogP contribution in [-0.2, 0) is 9.53 Å². The summed E-state index contributed by atoms with van der Waals surface area (Å²) in [5, 5.41) is 16.0. The molecule has 0 unspecified atom stereocenters. The molecule has 1 saturated carbocycles. The molecule has 1 saturated heterocycles. The number of methoxy groups -OCH3 is 1. The molecular weight excluding hydrogens is 244 g/mol. The van der Waals surface area contributed by atoms with Gasteiger partial charge in [-0.15, -0.1) is 0 Å². The molecular formula is C14H26N2O3. The summed E-state index contributed by atoms with van der Waals surface area (Å²) in [6.45, 7) is 2.25. The third-order valence-corrected chi connectivity index (χ3v) is 4.49. The Morgan fingerprint density at radius 3 is 2.53 bits per heavy atom. The molecule has 2 rings (SSSR count). The van der Waals surface area contributed by atoms with E-state index in [1.807, 2.05) is 0 Å². The SMILES string of the molecule is COCC1(C(=O)NC2CCC(O)CC2)CCNCC1. The second kappa shape index (κ2) is 6.68. The second-order valence-corrected chi connectivity index (χ2v) is 5.94. The minimum atomic E-state index is -0.365. The Balaban J connectivity index is 1.92. The van der Waals surface area contributed by atoms with Crippen molar-refractivity contribution in [1.82, 2.24) is 10.6 Å². The molecule has 0 radical (unpaired) electrons. The van der Waals surface area contributed by atoms with E-state index >= 15 is 0 Å². The van der Waals surface area contributed by atoms with Crippen LogP contribution < -0.4 is 10.6 Å². The van der Waals surface area contributed by atoms with Gasteiger partial charge in [0.25, 0.3) is 0 Å². The molecule has 19 heavy (non-hydrogen) atoms. The number of aliphatic hydroxyl groups is 1. The fourth-order valence-corrected chi connectivity index (χ4v) is 3.18. The summed E-state index contributed by atoms with van der Waals surface area (Å²) in [5.74, 6) is 0.136.